The van der Waals surface area contributed by atoms with Gasteiger partial charge in [0.15, 0.2) is 5.13 Å². The summed E-state index contributed by atoms with van der Waals surface area (Å²) >= 11 is 1.27. The SMILES string of the molecule is CCC(CC)(CN)C(=O)Nc1ncc(Cc2ccc(F)cc2F)s1. The van der Waals surface area contributed by atoms with E-state index in [0.29, 0.717) is 30.0 Å². The molecule has 0 aliphatic heterocycles. The summed E-state index contributed by atoms with van der Waals surface area (Å²) in [6.45, 7) is 4.13. The third-order valence-corrected chi connectivity index (χ3v) is 5.29. The number of benzene rings is 1. The lowest BCUT2D eigenvalue weighted by atomic mass is 9.81. The van der Waals surface area contributed by atoms with Crippen LogP contribution in [0.2, 0.25) is 0 Å². The van der Waals surface area contributed by atoms with Gasteiger partial charge < -0.3 is 11.1 Å². The van der Waals surface area contributed by atoms with Crippen molar-refractivity contribution in [3.8, 4) is 0 Å². The maximum Gasteiger partial charge on any atom is 0.233 e. The highest BCUT2D eigenvalue weighted by atomic mass is 32.1. The molecule has 0 saturated heterocycles. The van der Waals surface area contributed by atoms with E-state index >= 15 is 0 Å². The van der Waals surface area contributed by atoms with Gasteiger partial charge in [0.2, 0.25) is 5.91 Å². The minimum atomic E-state index is -0.606. The number of hydrogen-bond donors (Lipinski definition) is 2. The fourth-order valence-electron chi connectivity index (χ4n) is 2.48. The Kier molecular flexibility index (Phi) is 6.01. The van der Waals surface area contributed by atoms with E-state index in [1.165, 1.54) is 23.5 Å². The van der Waals surface area contributed by atoms with Crippen molar-refractivity contribution in [2.45, 2.75) is 33.1 Å². The van der Waals surface area contributed by atoms with Crippen LogP contribution in [-0.4, -0.2) is 17.4 Å². The van der Waals surface area contributed by atoms with Gasteiger partial charge in [-0.3, -0.25) is 4.79 Å². The molecule has 0 radical (unpaired) electrons. The van der Waals surface area contributed by atoms with Gasteiger partial charge in [-0.25, -0.2) is 13.8 Å². The standard InChI is InChI=1S/C17H21F2N3OS/c1-3-17(4-2,10-20)15(23)22-16-21-9-13(24-16)7-11-5-6-12(18)8-14(11)19/h5-6,8-9H,3-4,7,10,20H2,1-2H3,(H,21,22,23). The number of hydrogen-bond acceptors (Lipinski definition) is 4. The third kappa shape index (κ3) is 3.96. The second-order valence-electron chi connectivity index (χ2n) is 5.69. The van der Waals surface area contributed by atoms with Crippen LogP contribution < -0.4 is 11.1 Å². The van der Waals surface area contributed by atoms with Gasteiger partial charge in [-0.2, -0.15) is 0 Å². The van der Waals surface area contributed by atoms with Crippen molar-refractivity contribution in [1.29, 1.82) is 0 Å². The lowest BCUT2D eigenvalue weighted by Gasteiger charge is -2.27. The Hall–Kier alpha value is -1.86. The number of aromatic nitrogens is 1. The van der Waals surface area contributed by atoms with Crippen molar-refractivity contribution < 1.29 is 13.6 Å². The van der Waals surface area contributed by atoms with Crippen molar-refractivity contribution in [3.63, 3.8) is 0 Å². The van der Waals surface area contributed by atoms with Crippen molar-refractivity contribution in [3.05, 3.63) is 46.5 Å². The minimum absolute atomic E-state index is 0.149. The molecule has 24 heavy (non-hydrogen) atoms. The normalized spacial score (nSPS) is 11.5. The van der Waals surface area contributed by atoms with E-state index in [4.69, 9.17) is 5.73 Å². The predicted molar refractivity (Wildman–Crippen MR) is 92.0 cm³/mol. The van der Waals surface area contributed by atoms with E-state index in [0.717, 1.165) is 10.9 Å². The molecule has 1 aromatic carbocycles. The van der Waals surface area contributed by atoms with Crippen molar-refractivity contribution in [2.75, 3.05) is 11.9 Å². The summed E-state index contributed by atoms with van der Waals surface area (Å²) in [7, 11) is 0. The highest BCUT2D eigenvalue weighted by Gasteiger charge is 2.33. The molecule has 0 saturated carbocycles. The molecule has 0 atom stereocenters. The average molecular weight is 353 g/mol. The zero-order valence-electron chi connectivity index (χ0n) is 13.7. The van der Waals surface area contributed by atoms with Crippen LogP contribution in [0.3, 0.4) is 0 Å². The van der Waals surface area contributed by atoms with Crippen LogP contribution in [0.15, 0.2) is 24.4 Å². The van der Waals surface area contributed by atoms with E-state index in [-0.39, 0.29) is 12.5 Å². The second kappa shape index (κ2) is 7.81. The Morgan fingerprint density at radius 3 is 2.62 bits per heavy atom. The quantitative estimate of drug-likeness (QED) is 0.797. The molecule has 0 spiro atoms. The number of carbonyl (C=O) groups excluding carboxylic acids is 1. The van der Waals surface area contributed by atoms with Crippen molar-refractivity contribution in [1.82, 2.24) is 4.98 Å². The number of rotatable bonds is 7. The number of nitrogens with one attached hydrogen (secondary N) is 1. The van der Waals surface area contributed by atoms with E-state index in [1.807, 2.05) is 13.8 Å². The smallest absolute Gasteiger partial charge is 0.233 e. The number of carbonyl (C=O) groups is 1. The monoisotopic (exact) mass is 353 g/mol. The second-order valence-corrected chi connectivity index (χ2v) is 6.81. The zero-order chi connectivity index (χ0) is 17.7. The molecular weight excluding hydrogens is 332 g/mol. The highest BCUT2D eigenvalue weighted by molar-refractivity contribution is 7.15. The predicted octanol–water partition coefficient (Wildman–Crippen LogP) is 3.72. The number of amides is 1. The van der Waals surface area contributed by atoms with Crippen molar-refractivity contribution in [2.24, 2.45) is 11.1 Å². The summed E-state index contributed by atoms with van der Waals surface area (Å²) in [5.41, 5.74) is 5.55. The van der Waals surface area contributed by atoms with Crippen LogP contribution >= 0.6 is 11.3 Å². The van der Waals surface area contributed by atoms with Crippen LogP contribution in [0, 0.1) is 17.0 Å². The fraction of sp³-hybridized carbons (Fsp3) is 0.412. The first kappa shape index (κ1) is 18.5. The third-order valence-electron chi connectivity index (χ3n) is 4.38. The topological polar surface area (TPSA) is 68.0 Å². The van der Waals surface area contributed by atoms with Gasteiger partial charge in [-0.05, 0) is 24.5 Å². The molecule has 7 heteroatoms. The lowest BCUT2D eigenvalue weighted by Crippen LogP contribution is -2.41. The molecule has 3 N–H and O–H groups in total. The molecule has 4 nitrogen and oxygen atoms in total. The Labute approximate surface area is 144 Å². The van der Waals surface area contributed by atoms with Crippen LogP contribution in [0.25, 0.3) is 0 Å². The number of anilines is 1. The van der Waals surface area contributed by atoms with Gasteiger partial charge in [0, 0.05) is 30.1 Å². The van der Waals surface area contributed by atoms with E-state index in [2.05, 4.69) is 10.3 Å². The first-order valence-corrected chi connectivity index (χ1v) is 8.66. The van der Waals surface area contributed by atoms with Gasteiger partial charge in [-0.15, -0.1) is 11.3 Å². The number of nitrogens with zero attached hydrogens (tertiary/aromatic N) is 1. The Morgan fingerprint density at radius 2 is 2.04 bits per heavy atom. The largest absolute Gasteiger partial charge is 0.329 e. The van der Waals surface area contributed by atoms with Crippen molar-refractivity contribution >= 4 is 22.4 Å². The summed E-state index contributed by atoms with van der Waals surface area (Å²) in [4.78, 5) is 17.4. The summed E-state index contributed by atoms with van der Waals surface area (Å²) in [5.74, 6) is -1.34. The van der Waals surface area contributed by atoms with Gasteiger partial charge in [0.1, 0.15) is 11.6 Å². The molecule has 1 aromatic heterocycles. The molecule has 0 fully saturated rings. The molecule has 0 aliphatic carbocycles. The molecule has 2 aromatic rings. The summed E-state index contributed by atoms with van der Waals surface area (Å²) in [6.07, 6.45) is 3.17. The molecule has 1 amide bonds. The number of nitrogens with two attached hydrogens (primary N) is 1. The van der Waals surface area contributed by atoms with E-state index < -0.39 is 17.0 Å². The summed E-state index contributed by atoms with van der Waals surface area (Å²) < 4.78 is 26.6. The molecule has 0 bridgehead atoms. The summed E-state index contributed by atoms with van der Waals surface area (Å²) in [5, 5.41) is 3.26. The maximum absolute atomic E-state index is 13.7. The first-order chi connectivity index (χ1) is 11.4. The average Bonchev–Trinajstić information content (AvgIpc) is 2.99. The van der Waals surface area contributed by atoms with Crippen LogP contribution in [0.4, 0.5) is 13.9 Å². The van der Waals surface area contributed by atoms with Crippen LogP contribution in [0.1, 0.15) is 37.1 Å². The van der Waals surface area contributed by atoms with E-state index in [1.54, 1.807) is 6.20 Å². The van der Waals surface area contributed by atoms with Gasteiger partial charge in [-0.1, -0.05) is 19.9 Å². The van der Waals surface area contributed by atoms with Crippen LogP contribution in [0.5, 0.6) is 0 Å². The molecule has 0 unspecified atom stereocenters. The summed E-state index contributed by atoms with van der Waals surface area (Å²) in [6, 6.07) is 3.49. The van der Waals surface area contributed by atoms with Gasteiger partial charge in [0.25, 0.3) is 0 Å². The zero-order valence-corrected chi connectivity index (χ0v) is 14.6. The lowest BCUT2D eigenvalue weighted by molar-refractivity contribution is -0.125. The Bertz CT molecular complexity index is 705. The number of thiazole rings is 1. The van der Waals surface area contributed by atoms with Crippen LogP contribution in [-0.2, 0) is 11.2 Å². The van der Waals surface area contributed by atoms with Gasteiger partial charge >= 0.3 is 0 Å². The Balaban J connectivity index is 2.09. The molecule has 130 valence electrons. The number of halogens is 2. The first-order valence-electron chi connectivity index (χ1n) is 7.84. The van der Waals surface area contributed by atoms with E-state index in [9.17, 15) is 13.6 Å². The minimum Gasteiger partial charge on any atom is -0.329 e. The fourth-order valence-corrected chi connectivity index (χ4v) is 3.31. The molecule has 2 rings (SSSR count). The molecule has 1 heterocycles. The maximum atomic E-state index is 13.7. The molecular formula is C17H21F2N3OS. The Morgan fingerprint density at radius 1 is 1.33 bits per heavy atom. The van der Waals surface area contributed by atoms with Gasteiger partial charge in [0.05, 0.1) is 5.41 Å². The highest BCUT2D eigenvalue weighted by Crippen LogP contribution is 2.29. The molecule has 0 aliphatic rings.